The van der Waals surface area contributed by atoms with Crippen LogP contribution >= 0.6 is 0 Å². The van der Waals surface area contributed by atoms with E-state index in [2.05, 4.69) is 10.3 Å². The maximum atomic E-state index is 13.7. The Hall–Kier alpha value is -3.07. The van der Waals surface area contributed by atoms with Crippen LogP contribution in [0.2, 0.25) is 0 Å². The van der Waals surface area contributed by atoms with Crippen molar-refractivity contribution < 1.29 is 23.9 Å². The maximum Gasteiger partial charge on any atom is 0.328 e. The van der Waals surface area contributed by atoms with Crippen LogP contribution in [-0.2, 0) is 26.3 Å². The van der Waals surface area contributed by atoms with Crippen molar-refractivity contribution in [3.63, 3.8) is 0 Å². The van der Waals surface area contributed by atoms with Gasteiger partial charge in [0.25, 0.3) is 5.91 Å². The fraction of sp³-hybridized carbons (Fsp3) is 0.522. The molecule has 0 unspecified atom stereocenters. The number of methoxy groups -OCH3 is 1. The lowest BCUT2D eigenvalue weighted by molar-refractivity contribution is -0.139. The van der Waals surface area contributed by atoms with E-state index in [0.717, 1.165) is 40.0 Å². The highest BCUT2D eigenvalue weighted by atomic mass is 16.5. The molecule has 9 heteroatoms. The van der Waals surface area contributed by atoms with Crippen LogP contribution in [0.25, 0.3) is 10.9 Å². The third kappa shape index (κ3) is 2.91. The van der Waals surface area contributed by atoms with Gasteiger partial charge in [0.2, 0.25) is 5.91 Å². The van der Waals surface area contributed by atoms with Gasteiger partial charge in [0.15, 0.2) is 5.54 Å². The zero-order chi connectivity index (χ0) is 22.6. The Morgan fingerprint density at radius 3 is 2.94 bits per heavy atom. The molecule has 3 aliphatic rings. The molecule has 170 valence electrons. The Morgan fingerprint density at radius 2 is 2.22 bits per heavy atom. The number of nitrogens with one attached hydrogen (secondary N) is 2. The third-order valence-corrected chi connectivity index (χ3v) is 7.09. The summed E-state index contributed by atoms with van der Waals surface area (Å²) in [5.74, 6) is -0.00661. The van der Waals surface area contributed by atoms with Crippen molar-refractivity contribution in [1.29, 1.82) is 0 Å². The van der Waals surface area contributed by atoms with E-state index in [1.54, 1.807) is 25.9 Å². The average molecular weight is 441 g/mol. The van der Waals surface area contributed by atoms with Crippen molar-refractivity contribution in [3.05, 3.63) is 29.5 Å². The smallest absolute Gasteiger partial charge is 0.328 e. The molecule has 32 heavy (non-hydrogen) atoms. The fourth-order valence-corrected chi connectivity index (χ4v) is 5.20. The highest BCUT2D eigenvalue weighted by Gasteiger charge is 2.60. The number of fused-ring (bicyclic) bond motifs is 5. The summed E-state index contributed by atoms with van der Waals surface area (Å²) in [5, 5.41) is 3.83. The molecule has 4 amide bonds. The molecule has 0 bridgehead atoms. The monoisotopic (exact) mass is 440 g/mol. The largest absolute Gasteiger partial charge is 0.497 e. The molecule has 4 heterocycles. The predicted octanol–water partition coefficient (Wildman–Crippen LogP) is 1.90. The second-order valence-corrected chi connectivity index (χ2v) is 8.88. The second kappa shape index (κ2) is 7.51. The molecule has 3 atom stereocenters. The summed E-state index contributed by atoms with van der Waals surface area (Å²) >= 11 is 0. The van der Waals surface area contributed by atoms with Crippen molar-refractivity contribution in [2.75, 3.05) is 26.8 Å². The molecule has 2 saturated heterocycles. The SMILES string of the molecule is COc1ccc2[nH]c3c(c2c1)CCN1C(=O)N([C@@H](C)C(=O)NC[C@@H]2CCCO2)C(=O)[C@]31C. The predicted molar refractivity (Wildman–Crippen MR) is 116 cm³/mol. The molecule has 2 aromatic rings. The zero-order valence-corrected chi connectivity index (χ0v) is 18.6. The number of benzene rings is 1. The molecule has 2 N–H and O–H groups in total. The molecule has 0 aliphatic carbocycles. The van der Waals surface area contributed by atoms with E-state index in [1.165, 1.54) is 0 Å². The first-order valence-corrected chi connectivity index (χ1v) is 11.1. The van der Waals surface area contributed by atoms with Crippen LogP contribution in [0.15, 0.2) is 18.2 Å². The number of imide groups is 1. The second-order valence-electron chi connectivity index (χ2n) is 8.88. The maximum absolute atomic E-state index is 13.7. The summed E-state index contributed by atoms with van der Waals surface area (Å²) in [6, 6.07) is 4.38. The number of urea groups is 1. The summed E-state index contributed by atoms with van der Waals surface area (Å²) in [6.45, 7) is 4.84. The number of rotatable bonds is 5. The summed E-state index contributed by atoms with van der Waals surface area (Å²) in [6.07, 6.45) is 2.48. The summed E-state index contributed by atoms with van der Waals surface area (Å²) < 4.78 is 10.9. The topological polar surface area (TPSA) is 104 Å². The third-order valence-electron chi connectivity index (χ3n) is 7.09. The Kier molecular flexibility index (Phi) is 4.88. The normalized spacial score (nSPS) is 25.8. The van der Waals surface area contributed by atoms with Gasteiger partial charge < -0.3 is 24.7 Å². The van der Waals surface area contributed by atoms with Gasteiger partial charge >= 0.3 is 6.03 Å². The summed E-state index contributed by atoms with van der Waals surface area (Å²) in [5.41, 5.74) is 1.43. The molecular weight excluding hydrogens is 412 g/mol. The quantitative estimate of drug-likeness (QED) is 0.691. The van der Waals surface area contributed by atoms with Gasteiger partial charge in [0.05, 0.1) is 18.9 Å². The minimum atomic E-state index is -1.18. The van der Waals surface area contributed by atoms with Gasteiger partial charge in [-0.3, -0.25) is 9.59 Å². The summed E-state index contributed by atoms with van der Waals surface area (Å²) in [4.78, 5) is 45.8. The number of aromatic nitrogens is 1. The molecule has 9 nitrogen and oxygen atoms in total. The van der Waals surface area contributed by atoms with Crippen molar-refractivity contribution >= 4 is 28.7 Å². The van der Waals surface area contributed by atoms with E-state index in [1.807, 2.05) is 18.2 Å². The van der Waals surface area contributed by atoms with Crippen LogP contribution in [0.1, 0.15) is 37.9 Å². The lowest BCUT2D eigenvalue weighted by atomic mass is 9.87. The number of hydrogen-bond acceptors (Lipinski definition) is 5. The number of ether oxygens (including phenoxy) is 2. The first-order chi connectivity index (χ1) is 15.4. The lowest BCUT2D eigenvalue weighted by Gasteiger charge is -2.36. The van der Waals surface area contributed by atoms with E-state index in [9.17, 15) is 14.4 Å². The van der Waals surface area contributed by atoms with Crippen LogP contribution in [0, 0.1) is 0 Å². The summed E-state index contributed by atoms with van der Waals surface area (Å²) in [7, 11) is 1.62. The number of nitrogens with zero attached hydrogens (tertiary/aromatic N) is 2. The van der Waals surface area contributed by atoms with Gasteiger partial charge in [-0.25, -0.2) is 9.69 Å². The molecule has 1 aromatic carbocycles. The van der Waals surface area contributed by atoms with E-state index < -0.39 is 17.6 Å². The first-order valence-electron chi connectivity index (χ1n) is 11.1. The van der Waals surface area contributed by atoms with Gasteiger partial charge in [0.1, 0.15) is 11.8 Å². The van der Waals surface area contributed by atoms with Crippen LogP contribution < -0.4 is 10.1 Å². The molecule has 0 radical (unpaired) electrons. The number of hydrogen-bond donors (Lipinski definition) is 2. The zero-order valence-electron chi connectivity index (χ0n) is 18.6. The van der Waals surface area contributed by atoms with E-state index >= 15 is 0 Å². The lowest BCUT2D eigenvalue weighted by Crippen LogP contribution is -2.50. The van der Waals surface area contributed by atoms with Gasteiger partial charge in [-0.15, -0.1) is 0 Å². The number of carbonyl (C=O) groups excluding carboxylic acids is 3. The average Bonchev–Trinajstić information content (AvgIpc) is 3.49. The molecule has 2 fully saturated rings. The van der Waals surface area contributed by atoms with Gasteiger partial charge in [0, 0.05) is 30.6 Å². The minimum absolute atomic E-state index is 0.00845. The van der Waals surface area contributed by atoms with Crippen LogP contribution in [0.4, 0.5) is 4.79 Å². The van der Waals surface area contributed by atoms with Crippen molar-refractivity contribution in [2.24, 2.45) is 0 Å². The minimum Gasteiger partial charge on any atom is -0.497 e. The standard InChI is InChI=1S/C23H28N4O5/c1-13(20(28)24-12-15-5-4-10-32-15)27-21(29)23(2)19-16(8-9-26(23)22(27)30)17-11-14(31-3)6-7-18(17)25-19/h6-7,11,13,15,25H,4-5,8-10,12H2,1-3H3,(H,24,28)/t13-,15-,23-/m0/s1. The molecule has 1 aromatic heterocycles. The fourth-order valence-electron chi connectivity index (χ4n) is 5.20. The Balaban J connectivity index is 1.44. The molecule has 3 aliphatic heterocycles. The molecule has 5 rings (SSSR count). The molecular formula is C23H28N4O5. The van der Waals surface area contributed by atoms with Gasteiger partial charge in [-0.05, 0) is 56.9 Å². The van der Waals surface area contributed by atoms with Crippen LogP contribution in [-0.4, -0.2) is 71.6 Å². The Morgan fingerprint density at radius 1 is 1.41 bits per heavy atom. The van der Waals surface area contributed by atoms with Crippen molar-refractivity contribution in [2.45, 2.75) is 50.8 Å². The van der Waals surface area contributed by atoms with Gasteiger partial charge in [-0.2, -0.15) is 0 Å². The van der Waals surface area contributed by atoms with Crippen LogP contribution in [0.3, 0.4) is 0 Å². The van der Waals surface area contributed by atoms with Crippen LogP contribution in [0.5, 0.6) is 5.75 Å². The molecule has 0 spiro atoms. The highest BCUT2D eigenvalue weighted by Crippen LogP contribution is 2.45. The Labute approximate surface area is 186 Å². The molecule has 0 saturated carbocycles. The van der Waals surface area contributed by atoms with Gasteiger partial charge in [-0.1, -0.05) is 0 Å². The number of H-pyrrole nitrogens is 1. The number of amides is 4. The van der Waals surface area contributed by atoms with E-state index in [4.69, 9.17) is 9.47 Å². The Bertz CT molecular complexity index is 1110. The number of carbonyl (C=O) groups is 3. The van der Waals surface area contributed by atoms with Crippen molar-refractivity contribution in [1.82, 2.24) is 20.1 Å². The van der Waals surface area contributed by atoms with E-state index in [-0.39, 0.29) is 17.9 Å². The van der Waals surface area contributed by atoms with Crippen molar-refractivity contribution in [3.8, 4) is 5.75 Å². The first kappa shape index (κ1) is 20.8. The van der Waals surface area contributed by atoms with E-state index in [0.29, 0.717) is 31.8 Å². The number of aromatic amines is 1. The highest BCUT2D eigenvalue weighted by molar-refractivity contribution is 6.11.